The average Bonchev–Trinajstić information content (AvgIpc) is 2.96. The van der Waals surface area contributed by atoms with E-state index < -0.39 is 34.1 Å². The molecule has 11 heteroatoms. The standard InChI is InChI=1S/C32H41N3O7S/c1-32(2,3)33-31(37)28(19-23-12-9-8-10-13-23)34(21-24-14-11-15-25(18-24)40-4)30(36)22-35(43(7,38)39)27-17-16-26(41-5)20-29(27)42-6/h8-18,20,28H,19,21-22H2,1-7H3,(H,33,37)/t28-/m1/s1. The minimum absolute atomic E-state index is 0.0302. The first-order chi connectivity index (χ1) is 20.2. The Kier molecular flexibility index (Phi) is 11.0. The van der Waals surface area contributed by atoms with Gasteiger partial charge < -0.3 is 24.4 Å². The van der Waals surface area contributed by atoms with Crippen molar-refractivity contribution in [3.05, 3.63) is 83.9 Å². The summed E-state index contributed by atoms with van der Waals surface area (Å²) in [5.74, 6) is 0.325. The van der Waals surface area contributed by atoms with Crippen molar-refractivity contribution in [3.8, 4) is 17.2 Å². The molecule has 0 saturated heterocycles. The van der Waals surface area contributed by atoms with Crippen LogP contribution in [-0.4, -0.2) is 70.8 Å². The maximum atomic E-state index is 14.3. The smallest absolute Gasteiger partial charge is 0.244 e. The van der Waals surface area contributed by atoms with Crippen molar-refractivity contribution in [2.75, 3.05) is 38.4 Å². The van der Waals surface area contributed by atoms with Crippen LogP contribution in [-0.2, 0) is 32.6 Å². The number of sulfonamides is 1. The van der Waals surface area contributed by atoms with Crippen LogP contribution in [0.15, 0.2) is 72.8 Å². The van der Waals surface area contributed by atoms with Crippen LogP contribution in [0.25, 0.3) is 0 Å². The van der Waals surface area contributed by atoms with Gasteiger partial charge in [-0.05, 0) is 56.2 Å². The van der Waals surface area contributed by atoms with Gasteiger partial charge in [-0.15, -0.1) is 0 Å². The highest BCUT2D eigenvalue weighted by Gasteiger charge is 2.35. The van der Waals surface area contributed by atoms with Gasteiger partial charge in [0.25, 0.3) is 0 Å². The molecule has 0 radical (unpaired) electrons. The third-order valence-electron chi connectivity index (χ3n) is 6.59. The fraction of sp³-hybridized carbons (Fsp3) is 0.375. The number of carbonyl (C=O) groups is 2. The molecule has 1 N–H and O–H groups in total. The lowest BCUT2D eigenvalue weighted by Gasteiger charge is -2.35. The molecule has 232 valence electrons. The van der Waals surface area contributed by atoms with Gasteiger partial charge >= 0.3 is 0 Å². The molecule has 10 nitrogen and oxygen atoms in total. The Bertz CT molecular complexity index is 1500. The van der Waals surface area contributed by atoms with E-state index in [4.69, 9.17) is 14.2 Å². The summed E-state index contributed by atoms with van der Waals surface area (Å²) in [7, 11) is 0.463. The molecule has 3 rings (SSSR count). The highest BCUT2D eigenvalue weighted by atomic mass is 32.2. The van der Waals surface area contributed by atoms with Crippen molar-refractivity contribution >= 4 is 27.5 Å². The van der Waals surface area contributed by atoms with Gasteiger partial charge in [-0.2, -0.15) is 0 Å². The summed E-state index contributed by atoms with van der Waals surface area (Å²) in [6, 6.07) is 20.2. The summed E-state index contributed by atoms with van der Waals surface area (Å²) < 4.78 is 43.3. The molecule has 3 aromatic carbocycles. The molecule has 43 heavy (non-hydrogen) atoms. The molecule has 0 aromatic heterocycles. The molecule has 1 atom stereocenters. The number of ether oxygens (including phenoxy) is 3. The van der Waals surface area contributed by atoms with Crippen LogP contribution < -0.4 is 23.8 Å². The van der Waals surface area contributed by atoms with Crippen molar-refractivity contribution in [1.29, 1.82) is 0 Å². The summed E-state index contributed by atoms with van der Waals surface area (Å²) in [6.07, 6.45) is 1.23. The largest absolute Gasteiger partial charge is 0.497 e. The second-order valence-electron chi connectivity index (χ2n) is 11.1. The van der Waals surface area contributed by atoms with Crippen molar-refractivity contribution in [1.82, 2.24) is 10.2 Å². The molecular formula is C32H41N3O7S. The Morgan fingerprint density at radius 1 is 0.837 bits per heavy atom. The summed E-state index contributed by atoms with van der Waals surface area (Å²) in [5, 5.41) is 3.01. The zero-order valence-corrected chi connectivity index (χ0v) is 26.6. The first kappa shape index (κ1) is 33.3. The summed E-state index contributed by atoms with van der Waals surface area (Å²) in [4.78, 5) is 29.6. The predicted octanol–water partition coefficient (Wildman–Crippen LogP) is 4.03. The van der Waals surface area contributed by atoms with Gasteiger partial charge in [0.15, 0.2) is 0 Å². The van der Waals surface area contributed by atoms with E-state index in [0.29, 0.717) is 17.1 Å². The number of amides is 2. The third-order valence-corrected chi connectivity index (χ3v) is 7.72. The molecule has 0 fully saturated rings. The fourth-order valence-corrected chi connectivity index (χ4v) is 5.41. The quantitative estimate of drug-likeness (QED) is 0.310. The maximum absolute atomic E-state index is 14.3. The summed E-state index contributed by atoms with van der Waals surface area (Å²) >= 11 is 0. The predicted molar refractivity (Wildman–Crippen MR) is 167 cm³/mol. The fourth-order valence-electron chi connectivity index (χ4n) is 4.56. The van der Waals surface area contributed by atoms with E-state index in [2.05, 4.69) is 5.32 Å². The Balaban J connectivity index is 2.13. The number of anilines is 1. The Morgan fingerprint density at radius 2 is 1.47 bits per heavy atom. The minimum atomic E-state index is -3.97. The van der Waals surface area contributed by atoms with E-state index in [-0.39, 0.29) is 30.3 Å². The van der Waals surface area contributed by atoms with E-state index >= 15 is 0 Å². The summed E-state index contributed by atoms with van der Waals surface area (Å²) in [6.45, 7) is 5.04. The number of benzene rings is 3. The topological polar surface area (TPSA) is 114 Å². The number of nitrogens with zero attached hydrogens (tertiary/aromatic N) is 2. The molecule has 0 aliphatic heterocycles. The number of hydrogen-bond donors (Lipinski definition) is 1. The van der Waals surface area contributed by atoms with Crippen LogP contribution in [0.2, 0.25) is 0 Å². The second-order valence-corrected chi connectivity index (χ2v) is 13.0. The lowest BCUT2D eigenvalue weighted by Crippen LogP contribution is -2.56. The van der Waals surface area contributed by atoms with Gasteiger partial charge in [0, 0.05) is 24.6 Å². The molecule has 0 aliphatic carbocycles. The van der Waals surface area contributed by atoms with E-state index in [0.717, 1.165) is 16.1 Å². The first-order valence-corrected chi connectivity index (χ1v) is 15.6. The first-order valence-electron chi connectivity index (χ1n) is 13.7. The van der Waals surface area contributed by atoms with Crippen LogP contribution in [0.4, 0.5) is 5.69 Å². The molecular weight excluding hydrogens is 570 g/mol. The second kappa shape index (κ2) is 14.3. The molecule has 0 bridgehead atoms. The normalized spacial score (nSPS) is 12.2. The van der Waals surface area contributed by atoms with Crippen molar-refractivity contribution in [2.45, 2.75) is 45.3 Å². The molecule has 2 amide bonds. The van der Waals surface area contributed by atoms with Crippen LogP contribution in [0.1, 0.15) is 31.9 Å². The van der Waals surface area contributed by atoms with Gasteiger partial charge in [-0.1, -0.05) is 42.5 Å². The van der Waals surface area contributed by atoms with Gasteiger partial charge in [-0.3, -0.25) is 13.9 Å². The van der Waals surface area contributed by atoms with Gasteiger partial charge in [0.05, 0.1) is 33.3 Å². The van der Waals surface area contributed by atoms with E-state index in [1.165, 1.54) is 25.2 Å². The Labute approximate surface area is 254 Å². The summed E-state index contributed by atoms with van der Waals surface area (Å²) in [5.41, 5.74) is 1.14. The zero-order valence-electron chi connectivity index (χ0n) is 25.8. The number of carbonyl (C=O) groups excluding carboxylic acids is 2. The number of rotatable bonds is 13. The van der Waals surface area contributed by atoms with Gasteiger partial charge in [-0.25, -0.2) is 8.42 Å². The number of nitrogens with one attached hydrogen (secondary N) is 1. The van der Waals surface area contributed by atoms with Crippen LogP contribution >= 0.6 is 0 Å². The minimum Gasteiger partial charge on any atom is -0.497 e. The lowest BCUT2D eigenvalue weighted by atomic mass is 10.0. The Hall–Kier alpha value is -4.25. The Morgan fingerprint density at radius 3 is 2.05 bits per heavy atom. The van der Waals surface area contributed by atoms with E-state index in [1.807, 2.05) is 57.2 Å². The highest BCUT2D eigenvalue weighted by molar-refractivity contribution is 7.92. The van der Waals surface area contributed by atoms with Crippen LogP contribution in [0, 0.1) is 0 Å². The van der Waals surface area contributed by atoms with Gasteiger partial charge in [0.2, 0.25) is 21.8 Å². The van der Waals surface area contributed by atoms with Crippen molar-refractivity contribution in [3.63, 3.8) is 0 Å². The molecule has 0 heterocycles. The average molecular weight is 612 g/mol. The molecule has 0 saturated carbocycles. The molecule has 0 unspecified atom stereocenters. The number of methoxy groups -OCH3 is 3. The third kappa shape index (κ3) is 9.37. The zero-order chi connectivity index (χ0) is 31.8. The van der Waals surface area contributed by atoms with Crippen LogP contribution in [0.5, 0.6) is 17.2 Å². The van der Waals surface area contributed by atoms with Crippen molar-refractivity contribution in [2.24, 2.45) is 0 Å². The number of hydrogen-bond acceptors (Lipinski definition) is 7. The van der Waals surface area contributed by atoms with Gasteiger partial charge in [0.1, 0.15) is 29.8 Å². The van der Waals surface area contributed by atoms with Crippen LogP contribution in [0.3, 0.4) is 0 Å². The lowest BCUT2D eigenvalue weighted by molar-refractivity contribution is -0.140. The van der Waals surface area contributed by atoms with E-state index in [1.54, 1.807) is 37.4 Å². The maximum Gasteiger partial charge on any atom is 0.244 e. The monoisotopic (exact) mass is 611 g/mol. The SMILES string of the molecule is COc1cccc(CN(C(=O)CN(c2ccc(OC)cc2OC)S(C)(=O)=O)[C@H](Cc2ccccc2)C(=O)NC(C)(C)C)c1. The van der Waals surface area contributed by atoms with E-state index in [9.17, 15) is 18.0 Å². The molecule has 0 aliphatic rings. The highest BCUT2D eigenvalue weighted by Crippen LogP contribution is 2.34. The van der Waals surface area contributed by atoms with Crippen molar-refractivity contribution < 1.29 is 32.2 Å². The molecule has 3 aromatic rings. The molecule has 0 spiro atoms.